The minimum atomic E-state index is -0.354. The molecule has 0 spiro atoms. The quantitative estimate of drug-likeness (QED) is 0.401. The molecule has 2 rings (SSSR count). The van der Waals surface area contributed by atoms with Crippen LogP contribution in [0.3, 0.4) is 0 Å². The Hall–Kier alpha value is -2.12. The van der Waals surface area contributed by atoms with Crippen molar-refractivity contribution in [3.05, 3.63) is 39.8 Å². The summed E-state index contributed by atoms with van der Waals surface area (Å²) in [5, 5.41) is 17.0. The summed E-state index contributed by atoms with van der Waals surface area (Å²) in [6, 6.07) is 5.28. The molecule has 0 fully saturated rings. The average Bonchev–Trinajstić information content (AvgIpc) is 2.85. The molecule has 3 N–H and O–H groups in total. The fraction of sp³-hybridized carbons (Fsp3) is 0.333. The number of esters is 1. The Labute approximate surface area is 157 Å². The Morgan fingerprint density at radius 3 is 2.60 bits per heavy atom. The van der Waals surface area contributed by atoms with E-state index < -0.39 is 0 Å². The molecular formula is C18H22N2O3S2. The topological polar surface area (TPSA) is 70.6 Å². The van der Waals surface area contributed by atoms with Gasteiger partial charge in [0.15, 0.2) is 5.11 Å². The van der Waals surface area contributed by atoms with Gasteiger partial charge in [0.1, 0.15) is 10.8 Å². The predicted molar refractivity (Wildman–Crippen MR) is 107 cm³/mol. The number of rotatable bonds is 5. The largest absolute Gasteiger partial charge is 0.506 e. The SMILES string of the molecule is CCOC(=O)c1c(NC(=S)Nc2ccc(C)cc2O)sc(C)c1CC. The number of thiophene rings is 1. The van der Waals surface area contributed by atoms with E-state index in [1.807, 2.05) is 26.8 Å². The molecule has 1 aromatic carbocycles. The number of benzene rings is 1. The standard InChI is InChI=1S/C18H22N2O3S2/c1-5-12-11(4)25-16(15(12)17(22)23-6-2)20-18(24)19-13-8-7-10(3)9-14(13)21/h7-9,21H,5-6H2,1-4H3,(H2,19,20,24). The first-order chi connectivity index (χ1) is 11.9. The van der Waals surface area contributed by atoms with E-state index in [9.17, 15) is 9.90 Å². The highest BCUT2D eigenvalue weighted by molar-refractivity contribution is 7.80. The molecule has 0 aliphatic heterocycles. The maximum Gasteiger partial charge on any atom is 0.341 e. The molecular weight excluding hydrogens is 356 g/mol. The van der Waals surface area contributed by atoms with Crippen molar-refractivity contribution in [2.45, 2.75) is 34.1 Å². The lowest BCUT2D eigenvalue weighted by Crippen LogP contribution is -2.20. The van der Waals surface area contributed by atoms with Gasteiger partial charge in [-0.1, -0.05) is 13.0 Å². The molecule has 25 heavy (non-hydrogen) atoms. The molecule has 0 saturated carbocycles. The summed E-state index contributed by atoms with van der Waals surface area (Å²) in [5.41, 5.74) is 2.95. The fourth-order valence-electron chi connectivity index (χ4n) is 2.52. The van der Waals surface area contributed by atoms with Crippen LogP contribution in [0.15, 0.2) is 18.2 Å². The van der Waals surface area contributed by atoms with Crippen LogP contribution in [-0.4, -0.2) is 22.8 Å². The van der Waals surface area contributed by atoms with Crippen LogP contribution in [0.4, 0.5) is 10.7 Å². The summed E-state index contributed by atoms with van der Waals surface area (Å²) in [4.78, 5) is 13.4. The van der Waals surface area contributed by atoms with Crippen molar-refractivity contribution in [1.29, 1.82) is 0 Å². The second-order valence-corrected chi connectivity index (χ2v) is 7.15. The number of phenols is 1. The van der Waals surface area contributed by atoms with Crippen LogP contribution < -0.4 is 10.6 Å². The molecule has 0 bridgehead atoms. The summed E-state index contributed by atoms with van der Waals surface area (Å²) in [7, 11) is 0. The van der Waals surface area contributed by atoms with Crippen LogP contribution >= 0.6 is 23.6 Å². The molecule has 0 unspecified atom stereocenters. The molecule has 1 aromatic heterocycles. The van der Waals surface area contributed by atoms with Crippen molar-refractivity contribution in [1.82, 2.24) is 0 Å². The van der Waals surface area contributed by atoms with E-state index in [4.69, 9.17) is 17.0 Å². The Kier molecular flexibility index (Phi) is 6.39. The van der Waals surface area contributed by atoms with Crippen LogP contribution in [0.5, 0.6) is 5.75 Å². The Bertz CT molecular complexity index is 800. The van der Waals surface area contributed by atoms with E-state index in [1.54, 1.807) is 19.1 Å². The van der Waals surface area contributed by atoms with E-state index >= 15 is 0 Å². The number of nitrogens with one attached hydrogen (secondary N) is 2. The molecule has 0 radical (unpaired) electrons. The van der Waals surface area contributed by atoms with Crippen molar-refractivity contribution in [3.8, 4) is 5.75 Å². The van der Waals surface area contributed by atoms with E-state index in [1.165, 1.54) is 11.3 Å². The van der Waals surface area contributed by atoms with Crippen LogP contribution in [0, 0.1) is 13.8 Å². The number of carbonyl (C=O) groups excluding carboxylic acids is 1. The van der Waals surface area contributed by atoms with Crippen LogP contribution in [0.25, 0.3) is 0 Å². The predicted octanol–water partition coefficient (Wildman–Crippen LogP) is 4.62. The summed E-state index contributed by atoms with van der Waals surface area (Å²) >= 11 is 6.79. The summed E-state index contributed by atoms with van der Waals surface area (Å²) in [6.07, 6.45) is 0.733. The fourth-order valence-corrected chi connectivity index (χ4v) is 3.93. The number of hydrogen-bond donors (Lipinski definition) is 3. The zero-order chi connectivity index (χ0) is 18.6. The molecule has 0 atom stereocenters. The van der Waals surface area contributed by atoms with Crippen molar-refractivity contribution < 1.29 is 14.6 Å². The number of anilines is 2. The smallest absolute Gasteiger partial charge is 0.341 e. The zero-order valence-electron chi connectivity index (χ0n) is 14.7. The number of phenolic OH excluding ortho intramolecular Hbond substituents is 1. The maximum atomic E-state index is 12.3. The van der Waals surface area contributed by atoms with Gasteiger partial charge in [-0.2, -0.15) is 0 Å². The maximum absolute atomic E-state index is 12.3. The minimum Gasteiger partial charge on any atom is -0.506 e. The monoisotopic (exact) mass is 378 g/mol. The lowest BCUT2D eigenvalue weighted by molar-refractivity contribution is 0.0527. The average molecular weight is 379 g/mol. The van der Waals surface area contributed by atoms with E-state index in [-0.39, 0.29) is 11.7 Å². The second-order valence-electron chi connectivity index (χ2n) is 5.51. The van der Waals surface area contributed by atoms with Gasteiger partial charge in [-0.15, -0.1) is 11.3 Å². The first-order valence-electron chi connectivity index (χ1n) is 8.04. The highest BCUT2D eigenvalue weighted by Crippen LogP contribution is 2.34. The first-order valence-corrected chi connectivity index (χ1v) is 9.26. The summed E-state index contributed by atoms with van der Waals surface area (Å²) < 4.78 is 5.18. The Morgan fingerprint density at radius 1 is 1.28 bits per heavy atom. The molecule has 7 heteroatoms. The number of thiocarbonyl (C=S) groups is 1. The lowest BCUT2D eigenvalue weighted by atomic mass is 10.1. The molecule has 0 aliphatic rings. The number of carbonyl (C=O) groups is 1. The van der Waals surface area contributed by atoms with Crippen molar-refractivity contribution in [2.24, 2.45) is 0 Å². The molecule has 0 aliphatic carbocycles. The lowest BCUT2D eigenvalue weighted by Gasteiger charge is -2.12. The second kappa shape index (κ2) is 8.31. The van der Waals surface area contributed by atoms with Gasteiger partial charge in [0.05, 0.1) is 17.9 Å². The van der Waals surface area contributed by atoms with Crippen molar-refractivity contribution in [3.63, 3.8) is 0 Å². The van der Waals surface area contributed by atoms with Crippen LogP contribution in [-0.2, 0) is 11.2 Å². The van der Waals surface area contributed by atoms with Crippen molar-refractivity contribution >= 4 is 45.3 Å². The van der Waals surface area contributed by atoms with Gasteiger partial charge in [0, 0.05) is 4.88 Å². The highest BCUT2D eigenvalue weighted by atomic mass is 32.1. The van der Waals surface area contributed by atoms with E-state index in [0.717, 1.165) is 22.4 Å². The van der Waals surface area contributed by atoms with E-state index in [0.29, 0.717) is 28.0 Å². The Balaban J connectivity index is 2.24. The summed E-state index contributed by atoms with van der Waals surface area (Å²) in [6.45, 7) is 7.97. The molecule has 1 heterocycles. The van der Waals surface area contributed by atoms with Gasteiger partial charge in [-0.3, -0.25) is 0 Å². The zero-order valence-corrected chi connectivity index (χ0v) is 16.4. The molecule has 0 amide bonds. The van der Waals surface area contributed by atoms with Gasteiger partial charge >= 0.3 is 5.97 Å². The van der Waals surface area contributed by atoms with Crippen molar-refractivity contribution in [2.75, 3.05) is 17.2 Å². The number of aryl methyl sites for hydroxylation is 2. The third-order valence-corrected chi connectivity index (χ3v) is 4.94. The third-order valence-electron chi connectivity index (χ3n) is 3.67. The van der Waals surface area contributed by atoms with Gasteiger partial charge in [0.2, 0.25) is 0 Å². The molecule has 5 nitrogen and oxygen atoms in total. The highest BCUT2D eigenvalue weighted by Gasteiger charge is 2.22. The molecule has 0 saturated heterocycles. The number of aromatic hydroxyl groups is 1. The molecule has 134 valence electrons. The molecule has 2 aromatic rings. The normalized spacial score (nSPS) is 10.4. The number of ether oxygens (including phenoxy) is 1. The third kappa shape index (κ3) is 4.49. The van der Waals surface area contributed by atoms with Gasteiger partial charge in [-0.05, 0) is 62.7 Å². The van der Waals surface area contributed by atoms with Crippen LogP contribution in [0.2, 0.25) is 0 Å². The summed E-state index contributed by atoms with van der Waals surface area (Å²) in [5.74, 6) is -0.237. The Morgan fingerprint density at radius 2 is 2.00 bits per heavy atom. The minimum absolute atomic E-state index is 0.117. The van der Waals surface area contributed by atoms with E-state index in [2.05, 4.69) is 10.6 Å². The van der Waals surface area contributed by atoms with Crippen LogP contribution in [0.1, 0.15) is 40.2 Å². The number of hydrogen-bond acceptors (Lipinski definition) is 5. The van der Waals surface area contributed by atoms with Gasteiger partial charge in [-0.25, -0.2) is 4.79 Å². The van der Waals surface area contributed by atoms with Gasteiger partial charge in [0.25, 0.3) is 0 Å². The first kappa shape index (κ1) is 19.2. The van der Waals surface area contributed by atoms with Gasteiger partial charge < -0.3 is 20.5 Å².